The van der Waals surface area contributed by atoms with Gasteiger partial charge in [-0.3, -0.25) is 9.69 Å². The summed E-state index contributed by atoms with van der Waals surface area (Å²) in [4.78, 5) is 28.5. The zero-order chi connectivity index (χ0) is 15.3. The van der Waals surface area contributed by atoms with Crippen LogP contribution in [0.15, 0.2) is 12.7 Å². The molecule has 1 saturated heterocycles. The van der Waals surface area contributed by atoms with E-state index in [2.05, 4.69) is 32.3 Å². The molecule has 0 saturated carbocycles. The van der Waals surface area contributed by atoms with Gasteiger partial charge in [-0.05, 0) is 20.8 Å². The number of urea groups is 1. The molecule has 1 N–H and O–H groups in total. The highest BCUT2D eigenvalue weighted by Gasteiger charge is 2.29. The zero-order valence-electron chi connectivity index (χ0n) is 12.6. The topological polar surface area (TPSA) is 64.1 Å². The van der Waals surface area contributed by atoms with E-state index in [1.807, 2.05) is 0 Å². The highest BCUT2D eigenvalue weighted by molar-refractivity contribution is 5.80. The Morgan fingerprint density at radius 1 is 1.25 bits per heavy atom. The van der Waals surface area contributed by atoms with E-state index in [9.17, 15) is 9.59 Å². The van der Waals surface area contributed by atoms with Crippen LogP contribution >= 0.6 is 0 Å². The van der Waals surface area contributed by atoms with Gasteiger partial charge in [-0.25, -0.2) is 4.79 Å². The molecule has 0 aromatic rings. The standard InChI is InChI=1S/C14H25N3O3/c1-5-6-16(11-12(18)19)13(20)15-7-9-17(10-8-15)14(2,3)4/h5H,1,6-11H2,2-4H3,(H,18,19). The fraction of sp³-hybridized carbons (Fsp3) is 0.714. The number of rotatable bonds is 4. The van der Waals surface area contributed by atoms with Gasteiger partial charge in [0.15, 0.2) is 0 Å². The van der Waals surface area contributed by atoms with E-state index in [0.717, 1.165) is 13.1 Å². The summed E-state index contributed by atoms with van der Waals surface area (Å²) in [5.74, 6) is -1.01. The van der Waals surface area contributed by atoms with Crippen LogP contribution in [-0.2, 0) is 4.79 Å². The van der Waals surface area contributed by atoms with Crippen molar-refractivity contribution in [2.45, 2.75) is 26.3 Å². The lowest BCUT2D eigenvalue weighted by Gasteiger charge is -2.43. The summed E-state index contributed by atoms with van der Waals surface area (Å²) in [5.41, 5.74) is 0.0943. The first kappa shape index (κ1) is 16.5. The van der Waals surface area contributed by atoms with Crippen LogP contribution in [0, 0.1) is 0 Å². The van der Waals surface area contributed by atoms with Gasteiger partial charge in [0.1, 0.15) is 6.54 Å². The number of nitrogens with zero attached hydrogens (tertiary/aromatic N) is 3. The first-order valence-electron chi connectivity index (χ1n) is 6.87. The van der Waals surface area contributed by atoms with E-state index in [1.165, 1.54) is 4.90 Å². The first-order chi connectivity index (χ1) is 9.25. The highest BCUT2D eigenvalue weighted by atomic mass is 16.4. The Bertz CT molecular complexity index is 368. The summed E-state index contributed by atoms with van der Waals surface area (Å²) in [6.45, 7) is 12.9. The number of aliphatic carboxylic acids is 1. The molecule has 1 heterocycles. The number of carbonyl (C=O) groups excluding carboxylic acids is 1. The van der Waals surface area contributed by atoms with E-state index in [4.69, 9.17) is 5.11 Å². The number of hydrogen-bond acceptors (Lipinski definition) is 3. The zero-order valence-corrected chi connectivity index (χ0v) is 12.6. The van der Waals surface area contributed by atoms with Crippen molar-refractivity contribution in [3.8, 4) is 0 Å². The van der Waals surface area contributed by atoms with Crippen LogP contribution in [0.5, 0.6) is 0 Å². The molecule has 0 spiro atoms. The third-order valence-corrected chi connectivity index (χ3v) is 3.45. The Labute approximate surface area is 120 Å². The molecule has 1 fully saturated rings. The van der Waals surface area contributed by atoms with Gasteiger partial charge in [0.25, 0.3) is 0 Å². The highest BCUT2D eigenvalue weighted by Crippen LogP contribution is 2.16. The molecule has 6 heteroatoms. The lowest BCUT2D eigenvalue weighted by Crippen LogP contribution is -2.57. The number of hydrogen-bond donors (Lipinski definition) is 1. The fourth-order valence-electron chi connectivity index (χ4n) is 2.30. The SMILES string of the molecule is C=CCN(CC(=O)O)C(=O)N1CCN(C(C)(C)C)CC1. The molecule has 6 nitrogen and oxygen atoms in total. The summed E-state index contributed by atoms with van der Waals surface area (Å²) in [6, 6.07) is -0.221. The van der Waals surface area contributed by atoms with Gasteiger partial charge in [-0.2, -0.15) is 0 Å². The fourth-order valence-corrected chi connectivity index (χ4v) is 2.30. The molecular formula is C14H25N3O3. The van der Waals surface area contributed by atoms with Gasteiger partial charge in [-0.15, -0.1) is 6.58 Å². The van der Waals surface area contributed by atoms with Crippen LogP contribution in [0.4, 0.5) is 4.79 Å². The largest absolute Gasteiger partial charge is 0.480 e. The Balaban J connectivity index is 2.60. The van der Waals surface area contributed by atoms with Crippen molar-refractivity contribution in [2.24, 2.45) is 0 Å². The second-order valence-corrected chi connectivity index (χ2v) is 5.99. The molecule has 0 bridgehead atoms. The number of carboxylic acid groups (broad SMARTS) is 1. The van der Waals surface area contributed by atoms with E-state index < -0.39 is 5.97 Å². The summed E-state index contributed by atoms with van der Waals surface area (Å²) in [6.07, 6.45) is 1.55. The van der Waals surface area contributed by atoms with Gasteiger partial charge < -0.3 is 14.9 Å². The summed E-state index contributed by atoms with van der Waals surface area (Å²) in [5, 5.41) is 8.85. The quantitative estimate of drug-likeness (QED) is 0.785. The number of piperazine rings is 1. The molecule has 1 aliphatic heterocycles. The van der Waals surface area contributed by atoms with Crippen LogP contribution in [0.3, 0.4) is 0 Å². The molecule has 0 radical (unpaired) electrons. The second-order valence-electron chi connectivity index (χ2n) is 5.99. The maximum Gasteiger partial charge on any atom is 0.323 e. The molecule has 0 aromatic carbocycles. The Morgan fingerprint density at radius 2 is 1.80 bits per heavy atom. The minimum Gasteiger partial charge on any atom is -0.480 e. The van der Waals surface area contributed by atoms with Crippen molar-refractivity contribution in [3.05, 3.63) is 12.7 Å². The normalized spacial score (nSPS) is 16.9. The van der Waals surface area contributed by atoms with Crippen LogP contribution < -0.4 is 0 Å². The van der Waals surface area contributed by atoms with Gasteiger partial charge >= 0.3 is 12.0 Å². The summed E-state index contributed by atoms with van der Waals surface area (Å²) < 4.78 is 0. The monoisotopic (exact) mass is 283 g/mol. The Hall–Kier alpha value is -1.56. The number of amides is 2. The van der Waals surface area contributed by atoms with Gasteiger partial charge in [0.05, 0.1) is 0 Å². The molecule has 2 amide bonds. The molecule has 1 aliphatic rings. The number of carbonyl (C=O) groups is 2. The van der Waals surface area contributed by atoms with Crippen molar-refractivity contribution in [1.29, 1.82) is 0 Å². The number of carboxylic acids is 1. The van der Waals surface area contributed by atoms with Crippen molar-refractivity contribution in [2.75, 3.05) is 39.3 Å². The molecule has 0 aliphatic carbocycles. The maximum absolute atomic E-state index is 12.3. The second kappa shape index (κ2) is 6.74. The van der Waals surface area contributed by atoms with Crippen molar-refractivity contribution in [3.63, 3.8) is 0 Å². The van der Waals surface area contributed by atoms with Crippen molar-refractivity contribution < 1.29 is 14.7 Å². The molecule has 0 aromatic heterocycles. The van der Waals surface area contributed by atoms with Gasteiger partial charge in [0, 0.05) is 38.3 Å². The predicted octanol–water partition coefficient (Wildman–Crippen LogP) is 1.10. The molecule has 0 unspecified atom stereocenters. The summed E-state index contributed by atoms with van der Waals surface area (Å²) in [7, 11) is 0. The van der Waals surface area contributed by atoms with Crippen molar-refractivity contribution in [1.82, 2.24) is 14.7 Å². The van der Waals surface area contributed by atoms with Crippen LogP contribution in [0.2, 0.25) is 0 Å². The minimum atomic E-state index is -1.01. The predicted molar refractivity (Wildman–Crippen MR) is 77.7 cm³/mol. The Morgan fingerprint density at radius 3 is 2.20 bits per heavy atom. The molecule has 20 heavy (non-hydrogen) atoms. The smallest absolute Gasteiger partial charge is 0.323 e. The lowest BCUT2D eigenvalue weighted by molar-refractivity contribution is -0.137. The van der Waals surface area contributed by atoms with Gasteiger partial charge in [-0.1, -0.05) is 6.08 Å². The Kier molecular flexibility index (Phi) is 5.56. The first-order valence-corrected chi connectivity index (χ1v) is 6.87. The summed E-state index contributed by atoms with van der Waals surface area (Å²) >= 11 is 0. The van der Waals surface area contributed by atoms with Crippen molar-refractivity contribution >= 4 is 12.0 Å². The van der Waals surface area contributed by atoms with E-state index >= 15 is 0 Å². The maximum atomic E-state index is 12.3. The van der Waals surface area contributed by atoms with Gasteiger partial charge in [0.2, 0.25) is 0 Å². The molecule has 1 rings (SSSR count). The van der Waals surface area contributed by atoms with Crippen LogP contribution in [0.1, 0.15) is 20.8 Å². The lowest BCUT2D eigenvalue weighted by atomic mass is 10.1. The van der Waals surface area contributed by atoms with Crippen LogP contribution in [-0.4, -0.2) is 76.6 Å². The average Bonchev–Trinajstić information content (AvgIpc) is 2.36. The average molecular weight is 283 g/mol. The third kappa shape index (κ3) is 4.52. The van der Waals surface area contributed by atoms with E-state index in [0.29, 0.717) is 13.1 Å². The molecule has 114 valence electrons. The minimum absolute atomic E-state index is 0.0943. The van der Waals surface area contributed by atoms with E-state index in [1.54, 1.807) is 11.0 Å². The van der Waals surface area contributed by atoms with Crippen LogP contribution in [0.25, 0.3) is 0 Å². The molecular weight excluding hydrogens is 258 g/mol. The molecule has 0 atom stereocenters. The third-order valence-electron chi connectivity index (χ3n) is 3.45. The van der Waals surface area contributed by atoms with E-state index in [-0.39, 0.29) is 24.7 Å².